The van der Waals surface area contributed by atoms with Gasteiger partial charge in [-0.3, -0.25) is 14.5 Å². The summed E-state index contributed by atoms with van der Waals surface area (Å²) in [6.45, 7) is 2.13. The van der Waals surface area contributed by atoms with E-state index in [1.54, 1.807) is 25.1 Å². The first-order chi connectivity index (χ1) is 10.6. The van der Waals surface area contributed by atoms with Crippen LogP contribution in [0.4, 0.5) is 9.18 Å². The fourth-order valence-electron chi connectivity index (χ4n) is 2.26. The zero-order chi connectivity index (χ0) is 15.7. The van der Waals surface area contributed by atoms with Crippen molar-refractivity contribution < 1.29 is 14.0 Å². The van der Waals surface area contributed by atoms with Crippen LogP contribution in [0.15, 0.2) is 47.5 Å². The van der Waals surface area contributed by atoms with Crippen molar-refractivity contribution in [1.29, 1.82) is 0 Å². The molecule has 0 N–H and O–H groups in total. The van der Waals surface area contributed by atoms with E-state index in [9.17, 15) is 14.0 Å². The number of halogens is 1. The summed E-state index contributed by atoms with van der Waals surface area (Å²) in [5.41, 5.74) is 1.54. The minimum atomic E-state index is -0.304. The van der Waals surface area contributed by atoms with Crippen LogP contribution >= 0.6 is 11.8 Å². The topological polar surface area (TPSA) is 42.3 Å². The van der Waals surface area contributed by atoms with Crippen LogP contribution in [0.1, 0.15) is 12.6 Å². The maximum atomic E-state index is 13.0. The number of thioether (sulfide) groups is 1. The standard InChI is InChI=1S/C16H13FN2O2S/c1-2-18-15(20)14(22-16(18)21)10-13-4-3-9-19(13)12-7-5-11(17)6-8-12/h3-10H,2H2,1H3/b14-10+. The van der Waals surface area contributed by atoms with Crippen LogP contribution in [0.25, 0.3) is 11.8 Å². The third-order valence-electron chi connectivity index (χ3n) is 3.35. The number of hydrogen-bond acceptors (Lipinski definition) is 3. The quantitative estimate of drug-likeness (QED) is 0.811. The summed E-state index contributed by atoms with van der Waals surface area (Å²) in [7, 11) is 0. The predicted octanol–water partition coefficient (Wildman–Crippen LogP) is 3.67. The van der Waals surface area contributed by atoms with Crippen LogP contribution in [0.2, 0.25) is 0 Å². The molecule has 0 bridgehead atoms. The molecule has 0 aliphatic carbocycles. The van der Waals surface area contributed by atoms with E-state index < -0.39 is 0 Å². The van der Waals surface area contributed by atoms with E-state index >= 15 is 0 Å². The molecule has 1 aliphatic heterocycles. The average Bonchev–Trinajstić information content (AvgIpc) is 3.06. The zero-order valence-electron chi connectivity index (χ0n) is 11.8. The van der Waals surface area contributed by atoms with Crippen LogP contribution in [0, 0.1) is 5.82 Å². The van der Waals surface area contributed by atoms with Crippen LogP contribution in [0.3, 0.4) is 0 Å². The molecular weight excluding hydrogens is 303 g/mol. The van der Waals surface area contributed by atoms with Gasteiger partial charge < -0.3 is 4.57 Å². The van der Waals surface area contributed by atoms with Gasteiger partial charge in [-0.25, -0.2) is 4.39 Å². The van der Waals surface area contributed by atoms with E-state index in [0.717, 1.165) is 23.1 Å². The number of hydrogen-bond donors (Lipinski definition) is 0. The Labute approximate surface area is 131 Å². The molecule has 3 rings (SSSR count). The summed E-state index contributed by atoms with van der Waals surface area (Å²) in [4.78, 5) is 25.5. The fraction of sp³-hybridized carbons (Fsp3) is 0.125. The number of nitrogens with zero attached hydrogens (tertiary/aromatic N) is 2. The van der Waals surface area contributed by atoms with Crippen molar-refractivity contribution in [2.24, 2.45) is 0 Å². The Balaban J connectivity index is 1.96. The Morgan fingerprint density at radius 3 is 2.55 bits per heavy atom. The van der Waals surface area contributed by atoms with Crippen molar-refractivity contribution in [3.63, 3.8) is 0 Å². The van der Waals surface area contributed by atoms with Crippen LogP contribution in [-0.4, -0.2) is 27.2 Å². The van der Waals surface area contributed by atoms with Crippen LogP contribution < -0.4 is 0 Å². The molecule has 0 spiro atoms. The smallest absolute Gasteiger partial charge is 0.293 e. The van der Waals surface area contributed by atoms with Crippen molar-refractivity contribution in [3.05, 3.63) is 59.0 Å². The summed E-state index contributed by atoms with van der Waals surface area (Å²) < 4.78 is 14.9. The minimum absolute atomic E-state index is 0.251. The largest absolute Gasteiger partial charge is 0.317 e. The summed E-state index contributed by atoms with van der Waals surface area (Å²) >= 11 is 0.936. The minimum Gasteiger partial charge on any atom is -0.317 e. The van der Waals surface area contributed by atoms with Gasteiger partial charge in [0.1, 0.15) is 5.82 Å². The van der Waals surface area contributed by atoms with Crippen molar-refractivity contribution >= 4 is 29.0 Å². The SMILES string of the molecule is CCN1C(=O)S/C(=C/c2cccn2-c2ccc(F)cc2)C1=O. The van der Waals surface area contributed by atoms with E-state index in [2.05, 4.69) is 0 Å². The third-order valence-corrected chi connectivity index (χ3v) is 4.26. The molecular formula is C16H13FN2O2S. The van der Waals surface area contributed by atoms with E-state index in [1.807, 2.05) is 22.9 Å². The Morgan fingerprint density at radius 2 is 1.91 bits per heavy atom. The van der Waals surface area contributed by atoms with E-state index in [1.165, 1.54) is 17.0 Å². The van der Waals surface area contributed by atoms with Gasteiger partial charge in [0.25, 0.3) is 11.1 Å². The van der Waals surface area contributed by atoms with Crippen molar-refractivity contribution in [2.75, 3.05) is 6.54 Å². The van der Waals surface area contributed by atoms with Gasteiger partial charge in [0.2, 0.25) is 0 Å². The maximum absolute atomic E-state index is 13.0. The number of carbonyl (C=O) groups excluding carboxylic acids is 2. The number of rotatable bonds is 3. The molecule has 112 valence electrons. The number of carbonyl (C=O) groups is 2. The lowest BCUT2D eigenvalue weighted by Gasteiger charge is -2.08. The first kappa shape index (κ1) is 14.6. The lowest BCUT2D eigenvalue weighted by molar-refractivity contribution is -0.122. The average molecular weight is 316 g/mol. The molecule has 1 aromatic carbocycles. The van der Waals surface area contributed by atoms with Gasteiger partial charge in [0.15, 0.2) is 0 Å². The summed E-state index contributed by atoms with van der Waals surface area (Å²) in [6, 6.07) is 9.74. The molecule has 1 aliphatic rings. The molecule has 0 unspecified atom stereocenters. The van der Waals surface area contributed by atoms with Gasteiger partial charge >= 0.3 is 0 Å². The number of aromatic nitrogens is 1. The highest BCUT2D eigenvalue weighted by molar-refractivity contribution is 8.18. The molecule has 1 aromatic heterocycles. The second kappa shape index (κ2) is 5.81. The number of amides is 2. The number of benzene rings is 1. The monoisotopic (exact) mass is 316 g/mol. The normalized spacial score (nSPS) is 16.8. The lowest BCUT2D eigenvalue weighted by Crippen LogP contribution is -2.27. The van der Waals surface area contributed by atoms with Crippen LogP contribution in [0.5, 0.6) is 0 Å². The maximum Gasteiger partial charge on any atom is 0.293 e. The molecule has 1 fully saturated rings. The van der Waals surface area contributed by atoms with Gasteiger partial charge in [0, 0.05) is 24.1 Å². The Morgan fingerprint density at radius 1 is 1.18 bits per heavy atom. The van der Waals surface area contributed by atoms with Gasteiger partial charge in [-0.1, -0.05) is 0 Å². The van der Waals surface area contributed by atoms with E-state index in [0.29, 0.717) is 11.4 Å². The predicted molar refractivity (Wildman–Crippen MR) is 84.1 cm³/mol. The lowest BCUT2D eigenvalue weighted by atomic mass is 10.3. The number of imide groups is 1. The van der Waals surface area contributed by atoms with Gasteiger partial charge in [-0.05, 0) is 61.2 Å². The van der Waals surface area contributed by atoms with Crippen molar-refractivity contribution in [1.82, 2.24) is 9.47 Å². The van der Waals surface area contributed by atoms with E-state index in [-0.39, 0.29) is 17.0 Å². The molecule has 0 atom stereocenters. The molecule has 22 heavy (non-hydrogen) atoms. The van der Waals surface area contributed by atoms with Gasteiger partial charge in [-0.15, -0.1) is 0 Å². The molecule has 6 heteroatoms. The first-order valence-electron chi connectivity index (χ1n) is 6.79. The first-order valence-corrected chi connectivity index (χ1v) is 7.60. The highest BCUT2D eigenvalue weighted by Gasteiger charge is 2.33. The number of likely N-dealkylation sites (N-methyl/N-ethyl adjacent to an activating group) is 1. The molecule has 2 heterocycles. The second-order valence-corrected chi connectivity index (χ2v) is 5.70. The van der Waals surface area contributed by atoms with Crippen LogP contribution in [-0.2, 0) is 4.79 Å². The second-order valence-electron chi connectivity index (χ2n) is 4.71. The van der Waals surface area contributed by atoms with Gasteiger partial charge in [-0.2, -0.15) is 0 Å². The highest BCUT2D eigenvalue weighted by Crippen LogP contribution is 2.32. The Bertz CT molecular complexity index is 765. The molecule has 1 saturated heterocycles. The zero-order valence-corrected chi connectivity index (χ0v) is 12.6. The Kier molecular flexibility index (Phi) is 3.85. The summed E-state index contributed by atoms with van der Waals surface area (Å²) in [6.07, 6.45) is 3.51. The summed E-state index contributed by atoms with van der Waals surface area (Å²) in [5.74, 6) is -0.578. The third kappa shape index (κ3) is 2.57. The molecule has 0 radical (unpaired) electrons. The van der Waals surface area contributed by atoms with Crippen molar-refractivity contribution in [2.45, 2.75) is 6.92 Å². The highest BCUT2D eigenvalue weighted by atomic mass is 32.2. The molecule has 4 nitrogen and oxygen atoms in total. The molecule has 2 aromatic rings. The van der Waals surface area contributed by atoms with E-state index in [4.69, 9.17) is 0 Å². The molecule has 0 saturated carbocycles. The van der Waals surface area contributed by atoms with Crippen molar-refractivity contribution in [3.8, 4) is 5.69 Å². The molecule has 2 amide bonds. The fourth-order valence-corrected chi connectivity index (χ4v) is 3.14. The Hall–Kier alpha value is -2.34. The summed E-state index contributed by atoms with van der Waals surface area (Å²) in [5, 5.41) is -0.251. The van der Waals surface area contributed by atoms with Gasteiger partial charge in [0.05, 0.1) is 4.91 Å².